The van der Waals surface area contributed by atoms with Crippen molar-refractivity contribution in [2.45, 2.75) is 19.2 Å². The van der Waals surface area contributed by atoms with Crippen molar-refractivity contribution >= 4 is 0 Å². The molecule has 1 aromatic rings. The van der Waals surface area contributed by atoms with Gasteiger partial charge in [0, 0.05) is 6.61 Å². The van der Waals surface area contributed by atoms with E-state index in [0.29, 0.717) is 18.7 Å². The van der Waals surface area contributed by atoms with Crippen LogP contribution in [0.5, 0.6) is 0 Å². The molecule has 1 atom stereocenters. The van der Waals surface area contributed by atoms with Gasteiger partial charge >= 0.3 is 6.18 Å². The predicted octanol–water partition coefficient (Wildman–Crippen LogP) is 2.91. The summed E-state index contributed by atoms with van der Waals surface area (Å²) >= 11 is 0. The number of aliphatic hydroxyl groups excluding tert-OH is 1. The highest BCUT2D eigenvalue weighted by atomic mass is 19.4. The lowest BCUT2D eigenvalue weighted by Gasteiger charge is -2.13. The second kappa shape index (κ2) is 5.46. The van der Waals surface area contributed by atoms with Crippen molar-refractivity contribution in [2.24, 2.45) is 0 Å². The van der Waals surface area contributed by atoms with Crippen LogP contribution in [0.3, 0.4) is 0 Å². The zero-order valence-electron chi connectivity index (χ0n) is 9.09. The third kappa shape index (κ3) is 3.67. The maximum atomic E-state index is 13.2. The van der Waals surface area contributed by atoms with E-state index in [1.165, 1.54) is 0 Å². The summed E-state index contributed by atoms with van der Waals surface area (Å²) in [5.74, 6) is -1.40. The summed E-state index contributed by atoms with van der Waals surface area (Å²) in [7, 11) is 0. The molecule has 17 heavy (non-hydrogen) atoms. The first kappa shape index (κ1) is 13.9. The fourth-order valence-electron chi connectivity index (χ4n) is 1.29. The van der Waals surface area contributed by atoms with Crippen LogP contribution in [0.15, 0.2) is 18.2 Å². The van der Waals surface area contributed by atoms with E-state index in [1.54, 1.807) is 6.92 Å². The van der Waals surface area contributed by atoms with Gasteiger partial charge < -0.3 is 9.84 Å². The van der Waals surface area contributed by atoms with E-state index in [0.717, 1.165) is 6.07 Å². The lowest BCUT2D eigenvalue weighted by atomic mass is 10.1. The Labute approximate surface area is 95.8 Å². The average Bonchev–Trinajstić information content (AvgIpc) is 2.23. The molecule has 2 nitrogen and oxygen atoms in total. The topological polar surface area (TPSA) is 29.5 Å². The molecule has 96 valence electrons. The van der Waals surface area contributed by atoms with Crippen LogP contribution in [0.25, 0.3) is 0 Å². The molecule has 0 radical (unpaired) electrons. The molecule has 0 aliphatic carbocycles. The van der Waals surface area contributed by atoms with Crippen molar-refractivity contribution in [3.05, 3.63) is 35.1 Å². The molecular formula is C11H12F4O2. The molecule has 1 unspecified atom stereocenters. The maximum Gasteiger partial charge on any atom is 0.419 e. The number of hydrogen-bond acceptors (Lipinski definition) is 2. The Hall–Kier alpha value is -1.14. The standard InChI is InChI=1S/C11H12F4O2/c1-2-17-6-10(16)7-3-4-8(9(12)5-7)11(13,14)15/h3-5,10,16H,2,6H2,1H3. The van der Waals surface area contributed by atoms with Crippen LogP contribution in [0.4, 0.5) is 17.6 Å². The predicted molar refractivity (Wildman–Crippen MR) is 52.9 cm³/mol. The molecule has 0 heterocycles. The third-order valence-electron chi connectivity index (χ3n) is 2.16. The summed E-state index contributed by atoms with van der Waals surface area (Å²) in [6, 6.07) is 2.32. The second-order valence-electron chi connectivity index (χ2n) is 3.41. The first-order valence-electron chi connectivity index (χ1n) is 4.98. The fraction of sp³-hybridized carbons (Fsp3) is 0.455. The van der Waals surface area contributed by atoms with Crippen molar-refractivity contribution in [3.63, 3.8) is 0 Å². The Balaban J connectivity index is 2.89. The molecule has 0 saturated carbocycles. The maximum absolute atomic E-state index is 13.2. The molecule has 6 heteroatoms. The van der Waals surface area contributed by atoms with Crippen LogP contribution in [-0.2, 0) is 10.9 Å². The summed E-state index contributed by atoms with van der Waals surface area (Å²) < 4.78 is 54.8. The molecule has 0 aliphatic rings. The summed E-state index contributed by atoms with van der Waals surface area (Å²) in [4.78, 5) is 0. The molecular weight excluding hydrogens is 240 g/mol. The summed E-state index contributed by atoms with van der Waals surface area (Å²) in [6.45, 7) is 1.99. The van der Waals surface area contributed by atoms with Crippen LogP contribution in [0.2, 0.25) is 0 Å². The summed E-state index contributed by atoms with van der Waals surface area (Å²) in [5, 5.41) is 9.50. The molecule has 1 aromatic carbocycles. The molecule has 0 aromatic heterocycles. The average molecular weight is 252 g/mol. The van der Waals surface area contributed by atoms with E-state index in [-0.39, 0.29) is 12.2 Å². The van der Waals surface area contributed by atoms with Crippen LogP contribution in [0.1, 0.15) is 24.2 Å². The van der Waals surface area contributed by atoms with Gasteiger partial charge in [-0.25, -0.2) is 4.39 Å². The largest absolute Gasteiger partial charge is 0.419 e. The summed E-state index contributed by atoms with van der Waals surface area (Å²) in [6.07, 6.45) is -5.86. The zero-order valence-corrected chi connectivity index (χ0v) is 9.09. The minimum atomic E-state index is -4.73. The van der Waals surface area contributed by atoms with Crippen LogP contribution < -0.4 is 0 Å². The van der Waals surface area contributed by atoms with Crippen LogP contribution in [0, 0.1) is 5.82 Å². The van der Waals surface area contributed by atoms with Gasteiger partial charge in [-0.2, -0.15) is 13.2 Å². The minimum absolute atomic E-state index is 0.0592. The Morgan fingerprint density at radius 2 is 2.00 bits per heavy atom. The fourth-order valence-corrected chi connectivity index (χ4v) is 1.29. The Bertz CT molecular complexity index is 376. The molecule has 1 rings (SSSR count). The van der Waals surface area contributed by atoms with Crippen LogP contribution in [-0.4, -0.2) is 18.3 Å². The smallest absolute Gasteiger partial charge is 0.386 e. The van der Waals surface area contributed by atoms with E-state index in [2.05, 4.69) is 0 Å². The summed E-state index contributed by atoms with van der Waals surface area (Å²) in [5.41, 5.74) is -1.28. The van der Waals surface area contributed by atoms with Gasteiger partial charge in [0.15, 0.2) is 0 Å². The van der Waals surface area contributed by atoms with Gasteiger partial charge in [0.05, 0.1) is 12.2 Å². The molecule has 0 amide bonds. The monoisotopic (exact) mass is 252 g/mol. The highest BCUT2D eigenvalue weighted by Gasteiger charge is 2.34. The highest BCUT2D eigenvalue weighted by Crippen LogP contribution is 2.32. The van der Waals surface area contributed by atoms with Crippen molar-refractivity contribution < 1.29 is 27.4 Å². The van der Waals surface area contributed by atoms with Crippen molar-refractivity contribution in [1.82, 2.24) is 0 Å². The molecule has 0 fully saturated rings. The third-order valence-corrected chi connectivity index (χ3v) is 2.16. The normalized spacial score (nSPS) is 13.8. The first-order valence-corrected chi connectivity index (χ1v) is 4.98. The van der Waals surface area contributed by atoms with E-state index in [4.69, 9.17) is 4.74 Å². The van der Waals surface area contributed by atoms with Crippen molar-refractivity contribution in [3.8, 4) is 0 Å². The number of hydrogen-bond donors (Lipinski definition) is 1. The number of halogens is 4. The van der Waals surface area contributed by atoms with Crippen LogP contribution >= 0.6 is 0 Å². The Kier molecular flexibility index (Phi) is 4.47. The zero-order chi connectivity index (χ0) is 13.1. The highest BCUT2D eigenvalue weighted by molar-refractivity contribution is 5.27. The van der Waals surface area contributed by atoms with Gasteiger partial charge in [0.2, 0.25) is 0 Å². The van der Waals surface area contributed by atoms with Gasteiger partial charge in [-0.05, 0) is 24.6 Å². The van der Waals surface area contributed by atoms with Gasteiger partial charge in [0.1, 0.15) is 11.9 Å². The first-order chi connectivity index (χ1) is 7.86. The second-order valence-corrected chi connectivity index (χ2v) is 3.41. The van der Waals surface area contributed by atoms with Crippen molar-refractivity contribution in [1.29, 1.82) is 0 Å². The van der Waals surface area contributed by atoms with Gasteiger partial charge in [-0.15, -0.1) is 0 Å². The Morgan fingerprint density at radius 3 is 2.47 bits per heavy atom. The van der Waals surface area contributed by atoms with E-state index >= 15 is 0 Å². The molecule has 1 N–H and O–H groups in total. The molecule has 0 aliphatic heterocycles. The molecule has 0 spiro atoms. The number of ether oxygens (including phenoxy) is 1. The number of alkyl halides is 3. The minimum Gasteiger partial charge on any atom is -0.386 e. The lowest BCUT2D eigenvalue weighted by molar-refractivity contribution is -0.140. The number of rotatable bonds is 4. The molecule has 0 saturated heterocycles. The van der Waals surface area contributed by atoms with E-state index in [1.807, 2.05) is 0 Å². The van der Waals surface area contributed by atoms with E-state index < -0.39 is 23.7 Å². The van der Waals surface area contributed by atoms with Gasteiger partial charge in [-0.1, -0.05) is 6.07 Å². The quantitative estimate of drug-likeness (QED) is 0.835. The van der Waals surface area contributed by atoms with Crippen molar-refractivity contribution in [2.75, 3.05) is 13.2 Å². The Morgan fingerprint density at radius 1 is 1.35 bits per heavy atom. The lowest BCUT2D eigenvalue weighted by Crippen LogP contribution is -2.11. The number of aliphatic hydroxyl groups is 1. The SMILES string of the molecule is CCOCC(O)c1ccc(C(F)(F)F)c(F)c1. The number of benzene rings is 1. The van der Waals surface area contributed by atoms with Gasteiger partial charge in [-0.3, -0.25) is 0 Å². The van der Waals surface area contributed by atoms with Gasteiger partial charge in [0.25, 0.3) is 0 Å². The molecule has 0 bridgehead atoms. The van der Waals surface area contributed by atoms with E-state index in [9.17, 15) is 22.7 Å².